The Hall–Kier alpha value is -3.59. The predicted octanol–water partition coefficient (Wildman–Crippen LogP) is 2.92. The molecule has 1 aliphatic rings. The fraction of sp³-hybridized carbons (Fsp3) is 0.217. The average Bonchev–Trinajstić information content (AvgIpc) is 3.47. The number of carbonyl (C=O) groups excluding carboxylic acids is 2. The summed E-state index contributed by atoms with van der Waals surface area (Å²) in [5.41, 5.74) is 1.03. The van der Waals surface area contributed by atoms with Gasteiger partial charge in [0.25, 0.3) is 15.9 Å². The number of furan rings is 1. The molecule has 1 atom stereocenters. The van der Waals surface area contributed by atoms with Crippen molar-refractivity contribution in [2.24, 2.45) is 0 Å². The van der Waals surface area contributed by atoms with Crippen molar-refractivity contribution >= 4 is 21.8 Å². The third-order valence-corrected chi connectivity index (χ3v) is 7.16. The van der Waals surface area contributed by atoms with Gasteiger partial charge in [0.05, 0.1) is 19.9 Å². The summed E-state index contributed by atoms with van der Waals surface area (Å²) in [6, 6.07) is 16.8. The second-order valence-electron chi connectivity index (χ2n) is 7.37. The van der Waals surface area contributed by atoms with Crippen molar-refractivity contribution in [3.05, 3.63) is 83.8 Å². The van der Waals surface area contributed by atoms with Crippen molar-refractivity contribution in [1.82, 2.24) is 9.62 Å². The van der Waals surface area contributed by atoms with E-state index in [-0.39, 0.29) is 41.6 Å². The van der Waals surface area contributed by atoms with Crippen molar-refractivity contribution < 1.29 is 27.2 Å². The number of carbonyl (C=O) groups is 2. The maximum absolute atomic E-state index is 13.4. The zero-order valence-electron chi connectivity index (χ0n) is 17.4. The monoisotopic (exact) mass is 454 g/mol. The van der Waals surface area contributed by atoms with Gasteiger partial charge in [-0.05, 0) is 35.9 Å². The Balaban J connectivity index is 1.60. The summed E-state index contributed by atoms with van der Waals surface area (Å²) < 4.78 is 38.1. The van der Waals surface area contributed by atoms with Crippen LogP contribution in [-0.4, -0.2) is 38.2 Å². The lowest BCUT2D eigenvalue weighted by molar-refractivity contribution is -0.123. The summed E-state index contributed by atoms with van der Waals surface area (Å²) >= 11 is 0. The number of nitrogens with zero attached hydrogens (tertiary/aromatic N) is 1. The zero-order chi connectivity index (χ0) is 22.7. The van der Waals surface area contributed by atoms with E-state index in [4.69, 9.17) is 9.15 Å². The first-order chi connectivity index (χ1) is 15.4. The first kappa shape index (κ1) is 21.6. The number of hydrogen-bond acceptors (Lipinski definition) is 6. The lowest BCUT2D eigenvalue weighted by Gasteiger charge is -2.19. The highest BCUT2D eigenvalue weighted by atomic mass is 32.2. The van der Waals surface area contributed by atoms with E-state index in [0.29, 0.717) is 5.76 Å². The van der Waals surface area contributed by atoms with Crippen LogP contribution in [-0.2, 0) is 21.4 Å². The second kappa shape index (κ2) is 8.88. The molecule has 0 radical (unpaired) electrons. The number of methoxy groups -OCH3 is 1. The maximum atomic E-state index is 13.4. The van der Waals surface area contributed by atoms with Crippen LogP contribution in [0.4, 0.5) is 0 Å². The van der Waals surface area contributed by atoms with E-state index in [9.17, 15) is 18.0 Å². The van der Waals surface area contributed by atoms with E-state index in [2.05, 4.69) is 5.32 Å². The largest absolute Gasteiger partial charge is 0.495 e. The van der Waals surface area contributed by atoms with Crippen molar-refractivity contribution in [3.63, 3.8) is 0 Å². The maximum Gasteiger partial charge on any atom is 0.270 e. The van der Waals surface area contributed by atoms with Gasteiger partial charge in [-0.3, -0.25) is 9.59 Å². The number of hydrogen-bond donors (Lipinski definition) is 1. The molecule has 1 N–H and O–H groups in total. The third kappa shape index (κ3) is 4.24. The van der Waals surface area contributed by atoms with Crippen molar-refractivity contribution in [1.29, 1.82) is 0 Å². The molecular weight excluding hydrogens is 432 g/mol. The Morgan fingerprint density at radius 1 is 1.16 bits per heavy atom. The smallest absolute Gasteiger partial charge is 0.270 e. The molecule has 2 amide bonds. The lowest BCUT2D eigenvalue weighted by atomic mass is 9.99. The fourth-order valence-electron chi connectivity index (χ4n) is 3.68. The normalized spacial score (nSPS) is 16.2. The van der Waals surface area contributed by atoms with Gasteiger partial charge in [-0.15, -0.1) is 0 Å². The summed E-state index contributed by atoms with van der Waals surface area (Å²) in [4.78, 5) is 25.0. The minimum absolute atomic E-state index is 0.0310. The molecule has 1 aliphatic heterocycles. The number of ether oxygens (including phenoxy) is 1. The van der Waals surface area contributed by atoms with Gasteiger partial charge in [0.1, 0.15) is 16.4 Å². The molecule has 0 aliphatic carbocycles. The van der Waals surface area contributed by atoms with Crippen LogP contribution in [0.15, 0.2) is 76.2 Å². The summed E-state index contributed by atoms with van der Waals surface area (Å²) in [6.07, 6.45) is 1.59. The van der Waals surface area contributed by atoms with E-state index in [1.54, 1.807) is 12.1 Å². The molecule has 8 nitrogen and oxygen atoms in total. The molecule has 1 saturated heterocycles. The number of amides is 2. The molecule has 4 rings (SSSR count). The Morgan fingerprint density at radius 2 is 1.94 bits per heavy atom. The molecule has 3 aromatic rings. The van der Waals surface area contributed by atoms with Crippen LogP contribution in [0.5, 0.6) is 5.75 Å². The van der Waals surface area contributed by atoms with E-state index >= 15 is 0 Å². The van der Waals surface area contributed by atoms with Crippen LogP contribution in [0.2, 0.25) is 0 Å². The second-order valence-corrected chi connectivity index (χ2v) is 9.20. The van der Waals surface area contributed by atoms with E-state index in [0.717, 1.165) is 9.87 Å². The Labute approximate surface area is 185 Å². The van der Waals surface area contributed by atoms with Crippen molar-refractivity contribution in [3.8, 4) is 5.75 Å². The summed E-state index contributed by atoms with van der Waals surface area (Å²) in [7, 11) is -2.89. The molecule has 0 spiro atoms. The van der Waals surface area contributed by atoms with Gasteiger partial charge >= 0.3 is 0 Å². The molecule has 1 aromatic heterocycles. The Kier molecular flexibility index (Phi) is 6.00. The van der Waals surface area contributed by atoms with Crippen LogP contribution < -0.4 is 10.1 Å². The minimum atomic E-state index is -4.23. The van der Waals surface area contributed by atoms with E-state index < -0.39 is 21.8 Å². The van der Waals surface area contributed by atoms with Crippen molar-refractivity contribution in [2.75, 3.05) is 13.7 Å². The molecule has 9 heteroatoms. The number of rotatable bonds is 7. The van der Waals surface area contributed by atoms with Gasteiger partial charge in [-0.1, -0.05) is 30.3 Å². The van der Waals surface area contributed by atoms with Gasteiger partial charge in [-0.25, -0.2) is 12.7 Å². The van der Waals surface area contributed by atoms with Crippen LogP contribution in [0, 0.1) is 0 Å². The third-order valence-electron chi connectivity index (χ3n) is 5.35. The quantitative estimate of drug-likeness (QED) is 0.588. The van der Waals surface area contributed by atoms with Crippen molar-refractivity contribution in [2.45, 2.75) is 23.8 Å². The molecule has 1 fully saturated rings. The SMILES string of the molecule is COc1ccc(C(=O)NCc2ccco2)cc1S(=O)(=O)N1C[C@H](c2ccccc2)CC1=O. The highest BCUT2D eigenvalue weighted by Gasteiger charge is 2.40. The average molecular weight is 455 g/mol. The standard InChI is InChI=1S/C23H22N2O6S/c1-30-20-10-9-17(23(27)24-14-19-8-5-11-31-19)12-21(20)32(28,29)25-15-18(13-22(25)26)16-6-3-2-4-7-16/h2-12,18H,13-15H2,1H3,(H,24,27)/t18-/m1/s1. The van der Waals surface area contributed by atoms with Gasteiger partial charge in [0.2, 0.25) is 5.91 Å². The molecule has 0 unspecified atom stereocenters. The fourth-order valence-corrected chi connectivity index (χ4v) is 5.32. The van der Waals surface area contributed by atoms with Crippen LogP contribution in [0.3, 0.4) is 0 Å². The topological polar surface area (TPSA) is 106 Å². The van der Waals surface area contributed by atoms with Gasteiger partial charge in [0.15, 0.2) is 0 Å². The summed E-state index contributed by atoms with van der Waals surface area (Å²) in [6.45, 7) is 0.187. The van der Waals surface area contributed by atoms with Gasteiger partial charge < -0.3 is 14.5 Å². The van der Waals surface area contributed by atoms with Crippen LogP contribution in [0.25, 0.3) is 0 Å². The first-order valence-corrected chi connectivity index (χ1v) is 11.4. The van der Waals surface area contributed by atoms with Crippen LogP contribution in [0.1, 0.15) is 34.0 Å². The van der Waals surface area contributed by atoms with E-state index in [1.807, 2.05) is 30.3 Å². The molecule has 0 saturated carbocycles. The summed E-state index contributed by atoms with van der Waals surface area (Å²) in [5, 5.41) is 2.68. The Morgan fingerprint density at radius 3 is 2.62 bits per heavy atom. The highest BCUT2D eigenvalue weighted by Crippen LogP contribution is 2.35. The molecule has 2 aromatic carbocycles. The Bertz CT molecular complexity index is 1220. The molecular formula is C23H22N2O6S. The molecule has 0 bridgehead atoms. The van der Waals surface area contributed by atoms with Crippen LogP contribution >= 0.6 is 0 Å². The highest BCUT2D eigenvalue weighted by molar-refractivity contribution is 7.89. The predicted molar refractivity (Wildman–Crippen MR) is 116 cm³/mol. The summed E-state index contributed by atoms with van der Waals surface area (Å²) in [5.74, 6) is -0.578. The first-order valence-electron chi connectivity index (χ1n) is 9.99. The van der Waals surface area contributed by atoms with Gasteiger partial charge in [-0.2, -0.15) is 0 Å². The van der Waals surface area contributed by atoms with E-state index in [1.165, 1.54) is 31.6 Å². The lowest BCUT2D eigenvalue weighted by Crippen LogP contribution is -2.33. The minimum Gasteiger partial charge on any atom is -0.495 e. The number of sulfonamides is 1. The van der Waals surface area contributed by atoms with Gasteiger partial charge in [0, 0.05) is 24.4 Å². The molecule has 32 heavy (non-hydrogen) atoms. The molecule has 2 heterocycles. The number of benzene rings is 2. The number of nitrogens with one attached hydrogen (secondary N) is 1. The molecule has 166 valence electrons. The zero-order valence-corrected chi connectivity index (χ0v) is 18.2.